The standard InChI is InChI=1S/C10H15NO3/c1-8-6-9(7-10(12)14-8)13-5-3-2-4-11/h6-7H,2-5,11H2,1H3. The van der Waals surface area contributed by atoms with Gasteiger partial charge in [0.1, 0.15) is 11.5 Å². The predicted octanol–water partition coefficient (Wildman–Crippen LogP) is 1.07. The number of nitrogens with two attached hydrogens (primary N) is 1. The molecule has 78 valence electrons. The summed E-state index contributed by atoms with van der Waals surface area (Å²) in [5.41, 5.74) is 4.96. The van der Waals surface area contributed by atoms with E-state index in [0.29, 0.717) is 24.7 Å². The summed E-state index contributed by atoms with van der Waals surface area (Å²) in [5.74, 6) is 1.13. The van der Waals surface area contributed by atoms with Crippen LogP contribution in [0, 0.1) is 6.92 Å². The topological polar surface area (TPSA) is 65.5 Å². The Hall–Kier alpha value is -1.29. The maximum Gasteiger partial charge on any atom is 0.339 e. The number of rotatable bonds is 5. The Balaban J connectivity index is 2.46. The summed E-state index contributed by atoms with van der Waals surface area (Å²) in [7, 11) is 0. The number of aryl methyl sites for hydroxylation is 1. The molecule has 4 nitrogen and oxygen atoms in total. The van der Waals surface area contributed by atoms with Gasteiger partial charge < -0.3 is 14.9 Å². The summed E-state index contributed by atoms with van der Waals surface area (Å²) in [6.45, 7) is 2.97. The third kappa shape index (κ3) is 3.62. The fourth-order valence-corrected chi connectivity index (χ4v) is 1.10. The largest absolute Gasteiger partial charge is 0.493 e. The van der Waals surface area contributed by atoms with E-state index in [-0.39, 0.29) is 5.63 Å². The van der Waals surface area contributed by atoms with Crippen molar-refractivity contribution < 1.29 is 9.15 Å². The molecule has 0 saturated heterocycles. The van der Waals surface area contributed by atoms with Gasteiger partial charge in [-0.2, -0.15) is 0 Å². The lowest BCUT2D eigenvalue weighted by atomic mass is 10.3. The van der Waals surface area contributed by atoms with Crippen molar-refractivity contribution >= 4 is 0 Å². The van der Waals surface area contributed by atoms with Crippen molar-refractivity contribution in [3.8, 4) is 5.75 Å². The third-order valence-electron chi connectivity index (χ3n) is 1.73. The molecular formula is C10H15NO3. The van der Waals surface area contributed by atoms with Crippen LogP contribution in [0.3, 0.4) is 0 Å². The summed E-state index contributed by atoms with van der Waals surface area (Å²) in [6.07, 6.45) is 1.83. The van der Waals surface area contributed by atoms with Crippen LogP contribution < -0.4 is 16.1 Å². The molecule has 0 aliphatic rings. The Morgan fingerprint density at radius 1 is 1.43 bits per heavy atom. The van der Waals surface area contributed by atoms with Gasteiger partial charge in [-0.1, -0.05) is 0 Å². The lowest BCUT2D eigenvalue weighted by molar-refractivity contribution is 0.302. The van der Waals surface area contributed by atoms with Gasteiger partial charge in [-0.15, -0.1) is 0 Å². The van der Waals surface area contributed by atoms with E-state index in [0.717, 1.165) is 12.8 Å². The quantitative estimate of drug-likeness (QED) is 0.717. The molecule has 0 radical (unpaired) electrons. The van der Waals surface area contributed by atoms with E-state index < -0.39 is 0 Å². The Bertz CT molecular complexity index is 332. The second kappa shape index (κ2) is 5.44. The van der Waals surface area contributed by atoms with Gasteiger partial charge in [0.15, 0.2) is 0 Å². The summed E-state index contributed by atoms with van der Waals surface area (Å²) in [5, 5.41) is 0. The van der Waals surface area contributed by atoms with Crippen LogP contribution in [0.15, 0.2) is 21.3 Å². The number of ether oxygens (including phenoxy) is 1. The van der Waals surface area contributed by atoms with E-state index in [4.69, 9.17) is 14.9 Å². The molecule has 0 aromatic carbocycles. The van der Waals surface area contributed by atoms with Gasteiger partial charge in [0.05, 0.1) is 12.7 Å². The summed E-state index contributed by atoms with van der Waals surface area (Å²) in [4.78, 5) is 10.9. The zero-order chi connectivity index (χ0) is 10.4. The van der Waals surface area contributed by atoms with Crippen LogP contribution in [-0.2, 0) is 0 Å². The Kier molecular flexibility index (Phi) is 4.19. The summed E-state index contributed by atoms with van der Waals surface area (Å²) >= 11 is 0. The van der Waals surface area contributed by atoms with E-state index in [1.807, 2.05) is 0 Å². The normalized spacial score (nSPS) is 10.1. The molecule has 0 amide bonds. The first-order chi connectivity index (χ1) is 6.72. The molecular weight excluding hydrogens is 182 g/mol. The predicted molar refractivity (Wildman–Crippen MR) is 53.5 cm³/mol. The molecule has 1 heterocycles. The van der Waals surface area contributed by atoms with Gasteiger partial charge in [-0.05, 0) is 26.3 Å². The Morgan fingerprint density at radius 3 is 2.86 bits per heavy atom. The molecule has 1 aromatic heterocycles. The van der Waals surface area contributed by atoms with Crippen LogP contribution in [0.1, 0.15) is 18.6 Å². The van der Waals surface area contributed by atoms with E-state index in [1.54, 1.807) is 13.0 Å². The van der Waals surface area contributed by atoms with Crippen molar-refractivity contribution in [3.05, 3.63) is 28.3 Å². The van der Waals surface area contributed by atoms with Gasteiger partial charge in [0, 0.05) is 6.07 Å². The Labute approximate surface area is 82.7 Å². The lowest BCUT2D eigenvalue weighted by Gasteiger charge is -2.04. The minimum absolute atomic E-state index is 0.376. The maximum atomic E-state index is 10.9. The van der Waals surface area contributed by atoms with Gasteiger partial charge in [-0.3, -0.25) is 0 Å². The van der Waals surface area contributed by atoms with E-state index in [2.05, 4.69) is 0 Å². The van der Waals surface area contributed by atoms with Crippen LogP contribution in [-0.4, -0.2) is 13.2 Å². The monoisotopic (exact) mass is 197 g/mol. The molecule has 0 bridgehead atoms. The summed E-state index contributed by atoms with van der Waals surface area (Å²) in [6, 6.07) is 3.04. The van der Waals surface area contributed by atoms with Crippen molar-refractivity contribution in [2.24, 2.45) is 5.73 Å². The number of hydrogen-bond acceptors (Lipinski definition) is 4. The smallest absolute Gasteiger partial charge is 0.339 e. The van der Waals surface area contributed by atoms with Gasteiger partial charge in [0.25, 0.3) is 0 Å². The minimum Gasteiger partial charge on any atom is -0.493 e. The minimum atomic E-state index is -0.376. The summed E-state index contributed by atoms with van der Waals surface area (Å²) < 4.78 is 10.1. The lowest BCUT2D eigenvalue weighted by Crippen LogP contribution is -2.05. The fraction of sp³-hybridized carbons (Fsp3) is 0.500. The molecule has 2 N–H and O–H groups in total. The zero-order valence-electron chi connectivity index (χ0n) is 8.29. The molecule has 1 rings (SSSR count). The highest BCUT2D eigenvalue weighted by Gasteiger charge is 1.98. The molecule has 0 atom stereocenters. The van der Waals surface area contributed by atoms with Crippen molar-refractivity contribution in [2.45, 2.75) is 19.8 Å². The molecule has 4 heteroatoms. The molecule has 14 heavy (non-hydrogen) atoms. The SMILES string of the molecule is Cc1cc(OCCCCN)cc(=O)o1. The van der Waals surface area contributed by atoms with Crippen LogP contribution in [0.25, 0.3) is 0 Å². The molecule has 0 spiro atoms. The van der Waals surface area contributed by atoms with Gasteiger partial charge in [0.2, 0.25) is 0 Å². The van der Waals surface area contributed by atoms with Crippen molar-refractivity contribution in [2.75, 3.05) is 13.2 Å². The zero-order valence-corrected chi connectivity index (χ0v) is 8.29. The van der Waals surface area contributed by atoms with Crippen molar-refractivity contribution in [1.29, 1.82) is 0 Å². The molecule has 0 aliphatic heterocycles. The van der Waals surface area contributed by atoms with Crippen molar-refractivity contribution in [3.63, 3.8) is 0 Å². The van der Waals surface area contributed by atoms with E-state index in [9.17, 15) is 4.79 Å². The highest BCUT2D eigenvalue weighted by atomic mass is 16.5. The van der Waals surface area contributed by atoms with Crippen LogP contribution in [0.5, 0.6) is 5.75 Å². The van der Waals surface area contributed by atoms with Gasteiger partial charge in [-0.25, -0.2) is 4.79 Å². The Morgan fingerprint density at radius 2 is 2.21 bits per heavy atom. The average molecular weight is 197 g/mol. The highest BCUT2D eigenvalue weighted by molar-refractivity contribution is 5.19. The van der Waals surface area contributed by atoms with Gasteiger partial charge >= 0.3 is 5.63 Å². The van der Waals surface area contributed by atoms with E-state index >= 15 is 0 Å². The van der Waals surface area contributed by atoms with Crippen LogP contribution in [0.4, 0.5) is 0 Å². The molecule has 0 unspecified atom stereocenters. The fourth-order valence-electron chi connectivity index (χ4n) is 1.10. The first-order valence-electron chi connectivity index (χ1n) is 4.67. The number of hydrogen-bond donors (Lipinski definition) is 1. The van der Waals surface area contributed by atoms with Crippen LogP contribution >= 0.6 is 0 Å². The first-order valence-corrected chi connectivity index (χ1v) is 4.67. The first kappa shape index (κ1) is 10.8. The molecule has 1 aromatic rings. The van der Waals surface area contributed by atoms with E-state index in [1.165, 1.54) is 6.07 Å². The molecule has 0 aliphatic carbocycles. The number of unbranched alkanes of at least 4 members (excludes halogenated alkanes) is 1. The molecule has 0 fully saturated rings. The third-order valence-corrected chi connectivity index (χ3v) is 1.73. The van der Waals surface area contributed by atoms with Crippen molar-refractivity contribution in [1.82, 2.24) is 0 Å². The highest BCUT2D eigenvalue weighted by Crippen LogP contribution is 2.09. The average Bonchev–Trinajstić information content (AvgIpc) is 2.11. The molecule has 0 saturated carbocycles. The second-order valence-electron chi connectivity index (χ2n) is 3.07. The second-order valence-corrected chi connectivity index (χ2v) is 3.07. The maximum absolute atomic E-state index is 10.9. The van der Waals surface area contributed by atoms with Crippen LogP contribution in [0.2, 0.25) is 0 Å².